The molecule has 0 atom stereocenters. The first-order chi connectivity index (χ1) is 14.7. The number of anilines is 2. The van der Waals surface area contributed by atoms with Crippen LogP contribution >= 0.6 is 11.6 Å². The summed E-state index contributed by atoms with van der Waals surface area (Å²) in [4.78, 5) is 24.5. The number of halogens is 1. The number of hydrogen-bond donors (Lipinski definition) is 2. The fraction of sp³-hybridized carbons (Fsp3) is 0.0909. The van der Waals surface area contributed by atoms with Crippen molar-refractivity contribution in [1.82, 2.24) is 0 Å². The molecule has 9 heteroatoms. The van der Waals surface area contributed by atoms with Crippen molar-refractivity contribution in [3.8, 4) is 0 Å². The van der Waals surface area contributed by atoms with Crippen LogP contribution in [0, 0.1) is 6.92 Å². The van der Waals surface area contributed by atoms with E-state index < -0.39 is 21.9 Å². The van der Waals surface area contributed by atoms with Gasteiger partial charge in [-0.1, -0.05) is 35.4 Å². The Bertz CT molecular complexity index is 1240. The van der Waals surface area contributed by atoms with Crippen LogP contribution in [0.15, 0.2) is 71.6 Å². The van der Waals surface area contributed by atoms with Crippen LogP contribution in [0.25, 0.3) is 0 Å². The molecule has 0 aliphatic rings. The van der Waals surface area contributed by atoms with Crippen LogP contribution in [0.5, 0.6) is 0 Å². The van der Waals surface area contributed by atoms with Crippen LogP contribution in [0.4, 0.5) is 11.4 Å². The Labute approximate surface area is 185 Å². The highest BCUT2D eigenvalue weighted by molar-refractivity contribution is 7.92. The number of rotatable bonds is 6. The third kappa shape index (κ3) is 5.42. The molecule has 0 aliphatic carbocycles. The number of amides is 1. The van der Waals surface area contributed by atoms with E-state index in [1.54, 1.807) is 24.3 Å². The predicted molar refractivity (Wildman–Crippen MR) is 119 cm³/mol. The molecule has 1 amide bonds. The molecule has 7 nitrogen and oxygen atoms in total. The van der Waals surface area contributed by atoms with Crippen molar-refractivity contribution in [1.29, 1.82) is 0 Å². The van der Waals surface area contributed by atoms with Gasteiger partial charge in [-0.05, 0) is 55.5 Å². The average Bonchev–Trinajstić information content (AvgIpc) is 2.74. The molecule has 0 radical (unpaired) electrons. The predicted octanol–water partition coefficient (Wildman–Crippen LogP) is 4.49. The second-order valence-corrected chi connectivity index (χ2v) is 8.73. The molecule has 0 aliphatic heterocycles. The van der Waals surface area contributed by atoms with Gasteiger partial charge in [0, 0.05) is 16.9 Å². The first-order valence-electron chi connectivity index (χ1n) is 9.08. The minimum Gasteiger partial charge on any atom is -0.465 e. The van der Waals surface area contributed by atoms with Gasteiger partial charge >= 0.3 is 5.97 Å². The van der Waals surface area contributed by atoms with Crippen molar-refractivity contribution in [2.45, 2.75) is 11.8 Å². The molecule has 0 saturated heterocycles. The van der Waals surface area contributed by atoms with Gasteiger partial charge in [-0.3, -0.25) is 9.52 Å². The fourth-order valence-electron chi connectivity index (χ4n) is 2.73. The number of carbonyl (C=O) groups is 2. The molecular weight excluding hydrogens is 440 g/mol. The van der Waals surface area contributed by atoms with E-state index in [4.69, 9.17) is 11.6 Å². The molecular formula is C22H19ClN2O5S. The topological polar surface area (TPSA) is 102 Å². The smallest absolute Gasteiger partial charge is 0.339 e. The zero-order valence-electron chi connectivity index (χ0n) is 16.7. The van der Waals surface area contributed by atoms with Crippen LogP contribution < -0.4 is 10.0 Å². The van der Waals surface area contributed by atoms with Crippen molar-refractivity contribution < 1.29 is 22.7 Å². The molecule has 31 heavy (non-hydrogen) atoms. The first-order valence-corrected chi connectivity index (χ1v) is 10.9. The monoisotopic (exact) mass is 458 g/mol. The maximum atomic E-state index is 12.6. The second-order valence-electron chi connectivity index (χ2n) is 6.64. The summed E-state index contributed by atoms with van der Waals surface area (Å²) < 4.78 is 32.3. The van der Waals surface area contributed by atoms with Gasteiger partial charge in [-0.25, -0.2) is 13.2 Å². The maximum absolute atomic E-state index is 12.6. The van der Waals surface area contributed by atoms with E-state index >= 15 is 0 Å². The summed E-state index contributed by atoms with van der Waals surface area (Å²) in [6.45, 7) is 1.86. The Morgan fingerprint density at radius 3 is 2.32 bits per heavy atom. The van der Waals surface area contributed by atoms with E-state index in [-0.39, 0.29) is 26.7 Å². The lowest BCUT2D eigenvalue weighted by Crippen LogP contribution is -2.15. The zero-order valence-corrected chi connectivity index (χ0v) is 18.3. The van der Waals surface area contributed by atoms with E-state index in [0.717, 1.165) is 5.56 Å². The van der Waals surface area contributed by atoms with Crippen LogP contribution in [-0.4, -0.2) is 27.4 Å². The Kier molecular flexibility index (Phi) is 6.62. The van der Waals surface area contributed by atoms with Gasteiger partial charge in [0.15, 0.2) is 0 Å². The number of hydrogen-bond acceptors (Lipinski definition) is 5. The highest BCUT2D eigenvalue weighted by Gasteiger charge is 2.16. The van der Waals surface area contributed by atoms with E-state index in [2.05, 4.69) is 14.8 Å². The minimum atomic E-state index is -3.80. The number of benzene rings is 3. The summed E-state index contributed by atoms with van der Waals surface area (Å²) in [5.41, 5.74) is 1.84. The summed E-state index contributed by atoms with van der Waals surface area (Å²) in [6.07, 6.45) is 0. The van der Waals surface area contributed by atoms with Gasteiger partial charge in [-0.2, -0.15) is 0 Å². The molecule has 3 rings (SSSR count). The molecule has 0 bridgehead atoms. The highest BCUT2D eigenvalue weighted by Crippen LogP contribution is 2.23. The van der Waals surface area contributed by atoms with E-state index in [0.29, 0.717) is 5.69 Å². The van der Waals surface area contributed by atoms with Gasteiger partial charge in [0.2, 0.25) is 0 Å². The van der Waals surface area contributed by atoms with Crippen molar-refractivity contribution in [3.05, 3.63) is 88.4 Å². The Morgan fingerprint density at radius 2 is 1.65 bits per heavy atom. The Balaban J connectivity index is 1.79. The standard InChI is InChI=1S/C22H19ClN2O5S/c1-14-6-9-18(10-7-14)31(28,29)25-17-5-3-4-15(12-17)21(26)24-16-8-11-20(23)19(13-16)22(27)30-2/h3-13,25H,1-2H3,(H,24,26). The summed E-state index contributed by atoms with van der Waals surface area (Å²) in [5, 5.41) is 2.84. The molecule has 0 unspecified atom stereocenters. The third-order valence-electron chi connectivity index (χ3n) is 4.34. The SMILES string of the molecule is COC(=O)c1cc(NC(=O)c2cccc(NS(=O)(=O)c3ccc(C)cc3)c2)ccc1Cl. The summed E-state index contributed by atoms with van der Waals surface area (Å²) in [5.74, 6) is -1.12. The lowest BCUT2D eigenvalue weighted by atomic mass is 10.1. The van der Waals surface area contributed by atoms with Gasteiger partial charge in [0.05, 0.1) is 22.6 Å². The van der Waals surface area contributed by atoms with E-state index in [1.807, 2.05) is 6.92 Å². The molecule has 3 aromatic rings. The van der Waals surface area contributed by atoms with Gasteiger partial charge < -0.3 is 10.1 Å². The largest absolute Gasteiger partial charge is 0.465 e. The summed E-state index contributed by atoms with van der Waals surface area (Å²) >= 11 is 5.99. The third-order valence-corrected chi connectivity index (χ3v) is 6.06. The normalized spacial score (nSPS) is 10.9. The number of nitrogens with one attached hydrogen (secondary N) is 2. The van der Waals surface area contributed by atoms with Crippen molar-refractivity contribution >= 4 is 44.9 Å². The Hall–Kier alpha value is -3.36. The number of methoxy groups -OCH3 is 1. The van der Waals surface area contributed by atoms with Crippen LogP contribution in [0.1, 0.15) is 26.3 Å². The molecule has 160 valence electrons. The minimum absolute atomic E-state index is 0.113. The average molecular weight is 459 g/mol. The fourth-order valence-corrected chi connectivity index (χ4v) is 3.97. The van der Waals surface area contributed by atoms with E-state index in [1.165, 1.54) is 49.6 Å². The van der Waals surface area contributed by atoms with Gasteiger partial charge in [0.1, 0.15) is 0 Å². The zero-order chi connectivity index (χ0) is 22.6. The van der Waals surface area contributed by atoms with Crippen LogP contribution in [0.3, 0.4) is 0 Å². The molecule has 0 aromatic heterocycles. The second kappa shape index (κ2) is 9.20. The van der Waals surface area contributed by atoms with Crippen LogP contribution in [0.2, 0.25) is 5.02 Å². The first kappa shape index (κ1) is 22.3. The van der Waals surface area contributed by atoms with Gasteiger partial charge in [-0.15, -0.1) is 0 Å². The van der Waals surface area contributed by atoms with E-state index in [9.17, 15) is 18.0 Å². The van der Waals surface area contributed by atoms with Crippen molar-refractivity contribution in [3.63, 3.8) is 0 Å². The molecule has 2 N–H and O–H groups in total. The van der Waals surface area contributed by atoms with Crippen molar-refractivity contribution in [2.75, 3.05) is 17.1 Å². The number of esters is 1. The summed E-state index contributed by atoms with van der Waals surface area (Å²) in [7, 11) is -2.57. The number of ether oxygens (including phenoxy) is 1. The molecule has 3 aromatic carbocycles. The maximum Gasteiger partial charge on any atom is 0.339 e. The Morgan fingerprint density at radius 1 is 0.935 bits per heavy atom. The molecule has 0 spiro atoms. The summed E-state index contributed by atoms with van der Waals surface area (Å²) in [6, 6.07) is 16.9. The van der Waals surface area contributed by atoms with Crippen molar-refractivity contribution in [2.24, 2.45) is 0 Å². The van der Waals surface area contributed by atoms with Crippen LogP contribution in [-0.2, 0) is 14.8 Å². The van der Waals surface area contributed by atoms with Gasteiger partial charge in [0.25, 0.3) is 15.9 Å². The molecule has 0 fully saturated rings. The number of sulfonamides is 1. The quantitative estimate of drug-likeness (QED) is 0.530. The number of aryl methyl sites for hydroxylation is 1. The number of carbonyl (C=O) groups excluding carboxylic acids is 2. The highest BCUT2D eigenvalue weighted by atomic mass is 35.5. The lowest BCUT2D eigenvalue weighted by Gasteiger charge is -2.11. The molecule has 0 heterocycles. The lowest BCUT2D eigenvalue weighted by molar-refractivity contribution is 0.0600. The molecule has 0 saturated carbocycles.